The summed E-state index contributed by atoms with van der Waals surface area (Å²) in [7, 11) is 0.325. The lowest BCUT2D eigenvalue weighted by Gasteiger charge is -1.96. The van der Waals surface area contributed by atoms with Crippen LogP contribution >= 0.6 is 0 Å². The molecule has 10 heavy (non-hydrogen) atoms. The van der Waals surface area contributed by atoms with Crippen molar-refractivity contribution in [1.82, 2.24) is 0 Å². The first-order valence-corrected chi connectivity index (χ1v) is 4.40. The molecule has 0 aromatic carbocycles. The zero-order chi connectivity index (χ0) is 7.82. The van der Waals surface area contributed by atoms with Gasteiger partial charge in [0.25, 0.3) is 5.97 Å². The minimum absolute atomic E-state index is 0.183. The monoisotopic (exact) mass is 156 g/mol. The van der Waals surface area contributed by atoms with Crippen molar-refractivity contribution in [2.24, 2.45) is 0 Å². The molecule has 0 unspecified atom stereocenters. The fourth-order valence-corrected chi connectivity index (χ4v) is 1.13. The molecule has 0 heterocycles. The second-order valence-corrected chi connectivity index (χ2v) is 2.91. The zero-order valence-corrected chi connectivity index (χ0v) is 7.22. The SMILES string of the molecule is C=CCCC[Si]OC(C)=O. The van der Waals surface area contributed by atoms with E-state index < -0.39 is 0 Å². The zero-order valence-electron chi connectivity index (χ0n) is 6.22. The highest BCUT2D eigenvalue weighted by molar-refractivity contribution is 6.30. The van der Waals surface area contributed by atoms with Gasteiger partial charge in [0.2, 0.25) is 0 Å². The van der Waals surface area contributed by atoms with Crippen LogP contribution in [0, 0.1) is 0 Å². The Kier molecular flexibility index (Phi) is 6.17. The summed E-state index contributed by atoms with van der Waals surface area (Å²) in [5.74, 6) is -0.183. The summed E-state index contributed by atoms with van der Waals surface area (Å²) in [6, 6.07) is 0.964. The number of rotatable bonds is 5. The van der Waals surface area contributed by atoms with Crippen LogP contribution in [0.25, 0.3) is 0 Å². The summed E-state index contributed by atoms with van der Waals surface area (Å²) in [6.45, 7) is 5.02. The molecule has 0 aliphatic heterocycles. The Labute approximate surface area is 64.2 Å². The second-order valence-electron chi connectivity index (χ2n) is 1.92. The molecule has 56 valence electrons. The molecule has 0 fully saturated rings. The van der Waals surface area contributed by atoms with Crippen LogP contribution in [0.5, 0.6) is 0 Å². The van der Waals surface area contributed by atoms with Crippen molar-refractivity contribution in [2.45, 2.75) is 25.8 Å². The van der Waals surface area contributed by atoms with Crippen LogP contribution < -0.4 is 0 Å². The predicted octanol–water partition coefficient (Wildman–Crippen LogP) is 1.55. The van der Waals surface area contributed by atoms with E-state index in [9.17, 15) is 4.79 Å². The molecule has 0 spiro atoms. The molecule has 2 radical (unpaired) electrons. The van der Waals surface area contributed by atoms with Crippen LogP contribution in [-0.2, 0) is 9.22 Å². The molecule has 0 N–H and O–H groups in total. The Balaban J connectivity index is 2.90. The molecule has 0 atom stereocenters. The standard InChI is InChI=1S/C7H12O2Si/c1-3-4-5-6-10-9-7(2)8/h3H,1,4-6H2,2H3. The number of carbonyl (C=O) groups excluding carboxylic acids is 1. The first kappa shape index (κ1) is 9.43. The Morgan fingerprint density at radius 3 is 3.00 bits per heavy atom. The molecular formula is C7H12O2Si. The Hall–Kier alpha value is -0.573. The average Bonchev–Trinajstić information content (AvgIpc) is 1.87. The highest BCUT2D eigenvalue weighted by atomic mass is 28.2. The summed E-state index contributed by atoms with van der Waals surface area (Å²) in [4.78, 5) is 10.2. The Bertz CT molecular complexity index is 112. The van der Waals surface area contributed by atoms with E-state index in [-0.39, 0.29) is 5.97 Å². The first-order chi connectivity index (χ1) is 4.77. The van der Waals surface area contributed by atoms with Crippen LogP contribution in [-0.4, -0.2) is 15.7 Å². The van der Waals surface area contributed by atoms with E-state index in [4.69, 9.17) is 4.43 Å². The molecule has 0 amide bonds. The maximum atomic E-state index is 10.2. The van der Waals surface area contributed by atoms with Crippen LogP contribution in [0.1, 0.15) is 19.8 Å². The summed E-state index contributed by atoms with van der Waals surface area (Å²) < 4.78 is 4.74. The summed E-state index contributed by atoms with van der Waals surface area (Å²) in [5.41, 5.74) is 0. The number of unbranched alkanes of at least 4 members (excludes halogenated alkanes) is 1. The van der Waals surface area contributed by atoms with Gasteiger partial charge in [0, 0.05) is 6.92 Å². The van der Waals surface area contributed by atoms with Crippen molar-refractivity contribution in [3.05, 3.63) is 12.7 Å². The molecular weight excluding hydrogens is 144 g/mol. The third-order valence-corrected chi connectivity index (χ3v) is 1.89. The number of hydrogen-bond acceptors (Lipinski definition) is 2. The van der Waals surface area contributed by atoms with Gasteiger partial charge < -0.3 is 4.43 Å². The second kappa shape index (κ2) is 6.55. The van der Waals surface area contributed by atoms with E-state index in [0.717, 1.165) is 18.9 Å². The molecule has 0 aromatic rings. The van der Waals surface area contributed by atoms with Crippen LogP contribution in [0.15, 0.2) is 12.7 Å². The summed E-state index contributed by atoms with van der Waals surface area (Å²) in [6.07, 6.45) is 3.95. The van der Waals surface area contributed by atoms with Gasteiger partial charge in [-0.15, -0.1) is 6.58 Å². The Morgan fingerprint density at radius 2 is 2.50 bits per heavy atom. The highest BCUT2D eigenvalue weighted by Crippen LogP contribution is 1.95. The van der Waals surface area contributed by atoms with Gasteiger partial charge in [0.15, 0.2) is 0 Å². The van der Waals surface area contributed by atoms with Gasteiger partial charge in [0.1, 0.15) is 0 Å². The van der Waals surface area contributed by atoms with Crippen molar-refractivity contribution in [1.29, 1.82) is 0 Å². The smallest absolute Gasteiger partial charge is 0.314 e. The average molecular weight is 156 g/mol. The van der Waals surface area contributed by atoms with Gasteiger partial charge in [-0.3, -0.25) is 4.79 Å². The minimum atomic E-state index is -0.183. The van der Waals surface area contributed by atoms with Crippen molar-refractivity contribution in [2.75, 3.05) is 0 Å². The van der Waals surface area contributed by atoms with Crippen molar-refractivity contribution in [3.63, 3.8) is 0 Å². The molecule has 0 rings (SSSR count). The van der Waals surface area contributed by atoms with Crippen molar-refractivity contribution < 1.29 is 9.22 Å². The van der Waals surface area contributed by atoms with E-state index in [2.05, 4.69) is 6.58 Å². The van der Waals surface area contributed by atoms with Crippen LogP contribution in [0.2, 0.25) is 6.04 Å². The Morgan fingerprint density at radius 1 is 1.80 bits per heavy atom. The minimum Gasteiger partial charge on any atom is -0.517 e. The fraction of sp³-hybridized carbons (Fsp3) is 0.571. The maximum absolute atomic E-state index is 10.2. The largest absolute Gasteiger partial charge is 0.517 e. The molecule has 2 nitrogen and oxygen atoms in total. The molecule has 0 bridgehead atoms. The first-order valence-electron chi connectivity index (χ1n) is 3.28. The van der Waals surface area contributed by atoms with Crippen molar-refractivity contribution in [3.8, 4) is 0 Å². The topological polar surface area (TPSA) is 26.3 Å². The number of carbonyl (C=O) groups is 1. The van der Waals surface area contributed by atoms with E-state index in [1.165, 1.54) is 6.92 Å². The third-order valence-electron chi connectivity index (χ3n) is 0.903. The van der Waals surface area contributed by atoms with Gasteiger partial charge in [0.05, 0.1) is 0 Å². The van der Waals surface area contributed by atoms with Gasteiger partial charge in [-0.2, -0.15) is 0 Å². The van der Waals surface area contributed by atoms with Gasteiger partial charge in [-0.25, -0.2) is 0 Å². The molecule has 0 saturated heterocycles. The number of allylic oxidation sites excluding steroid dienone is 1. The summed E-state index contributed by atoms with van der Waals surface area (Å²) >= 11 is 0. The van der Waals surface area contributed by atoms with Crippen molar-refractivity contribution >= 4 is 15.7 Å². The van der Waals surface area contributed by atoms with Gasteiger partial charge in [-0.1, -0.05) is 6.08 Å². The van der Waals surface area contributed by atoms with Gasteiger partial charge >= 0.3 is 9.76 Å². The van der Waals surface area contributed by atoms with Crippen LogP contribution in [0.4, 0.5) is 0 Å². The quantitative estimate of drug-likeness (QED) is 0.343. The maximum Gasteiger partial charge on any atom is 0.314 e. The molecule has 0 aliphatic carbocycles. The lowest BCUT2D eigenvalue weighted by Crippen LogP contribution is -2.03. The van der Waals surface area contributed by atoms with E-state index in [1.807, 2.05) is 6.08 Å². The lowest BCUT2D eigenvalue weighted by atomic mass is 10.3. The predicted molar refractivity (Wildman–Crippen MR) is 41.8 cm³/mol. The fourth-order valence-electron chi connectivity index (χ4n) is 0.471. The third kappa shape index (κ3) is 7.43. The highest BCUT2D eigenvalue weighted by Gasteiger charge is 1.94. The van der Waals surface area contributed by atoms with E-state index >= 15 is 0 Å². The molecule has 3 heteroatoms. The van der Waals surface area contributed by atoms with Gasteiger partial charge in [-0.05, 0) is 18.9 Å². The molecule has 0 aromatic heterocycles. The summed E-state index contributed by atoms with van der Waals surface area (Å²) in [5, 5.41) is 0. The molecule has 0 aliphatic rings. The van der Waals surface area contributed by atoms with E-state index in [0.29, 0.717) is 9.76 Å². The van der Waals surface area contributed by atoms with Crippen LogP contribution in [0.3, 0.4) is 0 Å². The molecule has 0 saturated carbocycles. The lowest BCUT2D eigenvalue weighted by molar-refractivity contribution is -0.131. The van der Waals surface area contributed by atoms with E-state index in [1.54, 1.807) is 0 Å². The normalized spacial score (nSPS) is 8.90. The number of hydrogen-bond donors (Lipinski definition) is 0.